The molecule has 0 aliphatic carbocycles. The molecule has 2 rings (SSSR count). The molecule has 1 heterocycles. The lowest BCUT2D eigenvalue weighted by atomic mass is 10.1. The van der Waals surface area contributed by atoms with Gasteiger partial charge in [-0.05, 0) is 19.1 Å². The molecule has 1 aromatic carbocycles. The van der Waals surface area contributed by atoms with Crippen LogP contribution in [0.5, 0.6) is 0 Å². The Hall–Kier alpha value is -1.59. The van der Waals surface area contributed by atoms with E-state index < -0.39 is 5.97 Å². The second kappa shape index (κ2) is 4.96. The van der Waals surface area contributed by atoms with Gasteiger partial charge in [-0.1, -0.05) is 23.2 Å². The molecule has 0 fully saturated rings. The molecule has 0 saturated heterocycles. The number of nitrogen functional groups attached to an aromatic ring is 1. The van der Waals surface area contributed by atoms with Gasteiger partial charge in [-0.25, -0.2) is 4.79 Å². The van der Waals surface area contributed by atoms with Gasteiger partial charge in [0, 0.05) is 5.39 Å². The number of ether oxygens (including phenoxy) is 1. The van der Waals surface area contributed by atoms with Crippen LogP contribution in [0.25, 0.3) is 10.9 Å². The zero-order valence-electron chi connectivity index (χ0n) is 9.41. The number of carbonyl (C=O) groups excluding carboxylic acids is 1. The lowest BCUT2D eigenvalue weighted by Crippen LogP contribution is -2.12. The van der Waals surface area contributed by atoms with Crippen molar-refractivity contribution in [2.24, 2.45) is 0 Å². The van der Waals surface area contributed by atoms with Crippen molar-refractivity contribution in [1.29, 1.82) is 0 Å². The molecule has 18 heavy (non-hydrogen) atoms. The molecule has 0 radical (unpaired) electrons. The molecule has 1 aromatic heterocycles. The molecule has 0 saturated carbocycles. The maximum atomic E-state index is 11.6. The topological polar surface area (TPSA) is 78.1 Å². The highest BCUT2D eigenvalue weighted by molar-refractivity contribution is 6.42. The number of nitrogens with two attached hydrogens (primary N) is 1. The number of aromatic nitrogens is 2. The number of nitrogens with zero attached hydrogens (tertiary/aromatic N) is 2. The van der Waals surface area contributed by atoms with Crippen molar-refractivity contribution >= 4 is 45.8 Å². The van der Waals surface area contributed by atoms with Gasteiger partial charge in [0.1, 0.15) is 0 Å². The molecule has 2 N–H and O–H groups in total. The van der Waals surface area contributed by atoms with E-state index in [4.69, 9.17) is 33.7 Å². The zero-order valence-corrected chi connectivity index (χ0v) is 10.9. The largest absolute Gasteiger partial charge is 0.461 e. The standard InChI is InChI=1S/C11H9Cl2N3O2/c1-2-18-11(17)10-9(14)5-3-6(12)7(13)4-8(5)15-16-10/h3-4H,2H2,1H3,(H2,14,15). The Morgan fingerprint density at radius 1 is 1.33 bits per heavy atom. The Labute approximate surface area is 113 Å². The molecule has 5 nitrogen and oxygen atoms in total. The first-order valence-electron chi connectivity index (χ1n) is 5.12. The summed E-state index contributed by atoms with van der Waals surface area (Å²) < 4.78 is 4.83. The average molecular weight is 286 g/mol. The van der Waals surface area contributed by atoms with Gasteiger partial charge < -0.3 is 10.5 Å². The monoisotopic (exact) mass is 285 g/mol. The molecule has 0 spiro atoms. The normalized spacial score (nSPS) is 10.6. The molecular formula is C11H9Cl2N3O2. The fourth-order valence-electron chi connectivity index (χ4n) is 1.47. The number of fused-ring (bicyclic) bond motifs is 1. The molecule has 0 bridgehead atoms. The van der Waals surface area contributed by atoms with E-state index in [1.807, 2.05) is 0 Å². The second-order valence-corrected chi connectivity index (χ2v) is 4.28. The molecule has 7 heteroatoms. The molecular weight excluding hydrogens is 277 g/mol. The van der Waals surface area contributed by atoms with E-state index in [2.05, 4.69) is 10.2 Å². The second-order valence-electron chi connectivity index (χ2n) is 3.47. The fraction of sp³-hybridized carbons (Fsp3) is 0.182. The summed E-state index contributed by atoms with van der Waals surface area (Å²) in [6.07, 6.45) is 0. The number of carbonyl (C=O) groups is 1. The summed E-state index contributed by atoms with van der Waals surface area (Å²) in [6.45, 7) is 1.93. The van der Waals surface area contributed by atoms with Gasteiger partial charge in [-0.3, -0.25) is 0 Å². The van der Waals surface area contributed by atoms with Crippen molar-refractivity contribution in [1.82, 2.24) is 10.2 Å². The minimum Gasteiger partial charge on any atom is -0.461 e. The summed E-state index contributed by atoms with van der Waals surface area (Å²) in [5, 5.41) is 8.81. The third kappa shape index (κ3) is 2.19. The summed E-state index contributed by atoms with van der Waals surface area (Å²) in [5.74, 6) is -0.615. The zero-order chi connectivity index (χ0) is 13.3. The highest BCUT2D eigenvalue weighted by Gasteiger charge is 2.17. The summed E-state index contributed by atoms with van der Waals surface area (Å²) in [5.41, 5.74) is 6.48. The van der Waals surface area contributed by atoms with Gasteiger partial charge in [0.25, 0.3) is 0 Å². The Morgan fingerprint density at radius 3 is 2.67 bits per heavy atom. The summed E-state index contributed by atoms with van der Waals surface area (Å²) in [7, 11) is 0. The van der Waals surface area contributed by atoms with E-state index in [9.17, 15) is 4.79 Å². The number of esters is 1. The van der Waals surface area contributed by atoms with Crippen molar-refractivity contribution in [3.05, 3.63) is 27.9 Å². The van der Waals surface area contributed by atoms with Gasteiger partial charge in [0.2, 0.25) is 0 Å². The Kier molecular flexibility index (Phi) is 3.54. The SMILES string of the molecule is CCOC(=O)c1nnc2cc(Cl)c(Cl)cc2c1N. The maximum absolute atomic E-state index is 11.6. The van der Waals surface area contributed by atoms with E-state index in [1.54, 1.807) is 13.0 Å². The smallest absolute Gasteiger partial charge is 0.361 e. The number of hydrogen-bond donors (Lipinski definition) is 1. The van der Waals surface area contributed by atoms with Crippen LogP contribution >= 0.6 is 23.2 Å². The van der Waals surface area contributed by atoms with E-state index in [0.29, 0.717) is 20.9 Å². The predicted octanol–water partition coefficient (Wildman–Crippen LogP) is 2.70. The van der Waals surface area contributed by atoms with Gasteiger partial charge in [0.15, 0.2) is 5.69 Å². The van der Waals surface area contributed by atoms with Crippen molar-refractivity contribution in [2.45, 2.75) is 6.92 Å². The van der Waals surface area contributed by atoms with Crippen LogP contribution in [-0.4, -0.2) is 22.8 Å². The van der Waals surface area contributed by atoms with Crippen molar-refractivity contribution in [3.8, 4) is 0 Å². The third-order valence-corrected chi connectivity index (χ3v) is 3.03. The molecule has 94 valence electrons. The molecule has 0 aliphatic heterocycles. The van der Waals surface area contributed by atoms with Crippen LogP contribution in [0, 0.1) is 0 Å². The molecule has 2 aromatic rings. The van der Waals surface area contributed by atoms with Gasteiger partial charge in [-0.15, -0.1) is 10.2 Å². The first-order valence-corrected chi connectivity index (χ1v) is 5.88. The van der Waals surface area contributed by atoms with Gasteiger partial charge >= 0.3 is 5.97 Å². The van der Waals surface area contributed by atoms with Crippen LogP contribution in [0.15, 0.2) is 12.1 Å². The lowest BCUT2D eigenvalue weighted by Gasteiger charge is -2.07. The molecule has 0 atom stereocenters. The van der Waals surface area contributed by atoms with Crippen LogP contribution in [0.3, 0.4) is 0 Å². The van der Waals surface area contributed by atoms with Crippen LogP contribution < -0.4 is 5.73 Å². The predicted molar refractivity (Wildman–Crippen MR) is 69.9 cm³/mol. The average Bonchev–Trinajstić information content (AvgIpc) is 2.32. The number of hydrogen-bond acceptors (Lipinski definition) is 5. The van der Waals surface area contributed by atoms with Crippen LogP contribution in [0.4, 0.5) is 5.69 Å². The van der Waals surface area contributed by atoms with Crippen molar-refractivity contribution in [3.63, 3.8) is 0 Å². The number of benzene rings is 1. The summed E-state index contributed by atoms with van der Waals surface area (Å²) >= 11 is 11.8. The number of halogens is 2. The minimum absolute atomic E-state index is 0.0252. The van der Waals surface area contributed by atoms with Crippen LogP contribution in [-0.2, 0) is 4.74 Å². The summed E-state index contributed by atoms with van der Waals surface area (Å²) in [6, 6.07) is 3.09. The van der Waals surface area contributed by atoms with Crippen molar-refractivity contribution < 1.29 is 9.53 Å². The molecule has 0 amide bonds. The Bertz CT molecular complexity index is 631. The highest BCUT2D eigenvalue weighted by atomic mass is 35.5. The van der Waals surface area contributed by atoms with Gasteiger partial charge in [-0.2, -0.15) is 0 Å². The van der Waals surface area contributed by atoms with Crippen LogP contribution in [0.1, 0.15) is 17.4 Å². The quantitative estimate of drug-likeness (QED) is 0.859. The Balaban J connectivity index is 2.63. The van der Waals surface area contributed by atoms with Crippen LogP contribution in [0.2, 0.25) is 10.0 Å². The van der Waals surface area contributed by atoms with E-state index >= 15 is 0 Å². The summed E-state index contributed by atoms with van der Waals surface area (Å²) in [4.78, 5) is 11.6. The Morgan fingerprint density at radius 2 is 2.00 bits per heavy atom. The maximum Gasteiger partial charge on any atom is 0.361 e. The van der Waals surface area contributed by atoms with Gasteiger partial charge in [0.05, 0.1) is 27.9 Å². The highest BCUT2D eigenvalue weighted by Crippen LogP contribution is 2.30. The lowest BCUT2D eigenvalue weighted by molar-refractivity contribution is 0.0520. The number of anilines is 1. The van der Waals surface area contributed by atoms with E-state index in [1.165, 1.54) is 6.07 Å². The fourth-order valence-corrected chi connectivity index (χ4v) is 1.79. The minimum atomic E-state index is -0.615. The first kappa shape index (κ1) is 12.9. The van der Waals surface area contributed by atoms with E-state index in [-0.39, 0.29) is 18.0 Å². The first-order chi connectivity index (χ1) is 8.54. The van der Waals surface area contributed by atoms with Crippen molar-refractivity contribution in [2.75, 3.05) is 12.3 Å². The third-order valence-electron chi connectivity index (χ3n) is 2.31. The molecule has 0 unspecified atom stereocenters. The number of rotatable bonds is 2. The van der Waals surface area contributed by atoms with E-state index in [0.717, 1.165) is 0 Å². The molecule has 0 aliphatic rings.